The highest BCUT2D eigenvalue weighted by molar-refractivity contribution is 5.58. The molecule has 6 heteroatoms. The lowest BCUT2D eigenvalue weighted by atomic mass is 10.2. The Bertz CT molecular complexity index is 598. The van der Waals surface area contributed by atoms with Gasteiger partial charge in [-0.2, -0.15) is 10.1 Å². The number of rotatable bonds is 5. The van der Waals surface area contributed by atoms with Crippen LogP contribution in [0.2, 0.25) is 0 Å². The molecule has 2 aromatic rings. The molecule has 1 aliphatic heterocycles. The van der Waals surface area contributed by atoms with Gasteiger partial charge in [-0.1, -0.05) is 18.2 Å². The summed E-state index contributed by atoms with van der Waals surface area (Å²) in [6.07, 6.45) is 4.12. The van der Waals surface area contributed by atoms with Crippen LogP contribution in [-0.2, 0) is 4.74 Å². The summed E-state index contributed by atoms with van der Waals surface area (Å²) in [6.45, 7) is 3.65. The molecule has 1 aliphatic rings. The molecule has 0 amide bonds. The molecule has 0 aliphatic carbocycles. The second kappa shape index (κ2) is 6.49. The number of para-hydroxylation sites is 1. The summed E-state index contributed by atoms with van der Waals surface area (Å²) < 4.78 is 5.57. The zero-order chi connectivity index (χ0) is 14.5. The minimum absolute atomic E-state index is 0.271. The summed E-state index contributed by atoms with van der Waals surface area (Å²) in [7, 11) is 0. The summed E-state index contributed by atoms with van der Waals surface area (Å²) in [5.41, 5.74) is 2.12. The van der Waals surface area contributed by atoms with Crippen molar-refractivity contribution in [2.75, 3.05) is 23.8 Å². The van der Waals surface area contributed by atoms with Gasteiger partial charge >= 0.3 is 0 Å². The number of hydrogen-bond acceptors (Lipinski definition) is 6. The molecule has 1 atom stereocenters. The molecular weight excluding hydrogens is 266 g/mol. The van der Waals surface area contributed by atoms with Crippen molar-refractivity contribution in [2.24, 2.45) is 0 Å². The van der Waals surface area contributed by atoms with E-state index < -0.39 is 0 Å². The Morgan fingerprint density at radius 2 is 2.24 bits per heavy atom. The zero-order valence-corrected chi connectivity index (χ0v) is 12.0. The quantitative estimate of drug-likeness (QED) is 0.879. The van der Waals surface area contributed by atoms with E-state index in [4.69, 9.17) is 4.74 Å². The van der Waals surface area contributed by atoms with E-state index in [1.165, 1.54) is 0 Å². The van der Waals surface area contributed by atoms with Crippen LogP contribution in [0.1, 0.15) is 18.4 Å². The van der Waals surface area contributed by atoms with Gasteiger partial charge in [-0.3, -0.25) is 0 Å². The molecule has 6 nitrogen and oxygen atoms in total. The van der Waals surface area contributed by atoms with E-state index in [1.807, 2.05) is 31.2 Å². The number of benzene rings is 1. The van der Waals surface area contributed by atoms with Gasteiger partial charge in [0.2, 0.25) is 5.95 Å². The molecule has 21 heavy (non-hydrogen) atoms. The Hall–Kier alpha value is -2.21. The first kappa shape index (κ1) is 13.8. The molecule has 2 heterocycles. The second-order valence-electron chi connectivity index (χ2n) is 5.12. The largest absolute Gasteiger partial charge is 0.376 e. The fourth-order valence-corrected chi connectivity index (χ4v) is 2.30. The number of hydrogen-bond donors (Lipinski definition) is 2. The molecule has 0 spiro atoms. The van der Waals surface area contributed by atoms with E-state index in [2.05, 4.69) is 25.8 Å². The Morgan fingerprint density at radius 1 is 1.33 bits per heavy atom. The maximum Gasteiger partial charge on any atom is 0.249 e. The third-order valence-corrected chi connectivity index (χ3v) is 3.49. The molecule has 3 rings (SSSR count). The normalized spacial score (nSPS) is 17.7. The van der Waals surface area contributed by atoms with Gasteiger partial charge in [0.05, 0.1) is 12.3 Å². The van der Waals surface area contributed by atoms with Crippen LogP contribution in [0.4, 0.5) is 17.5 Å². The van der Waals surface area contributed by atoms with Gasteiger partial charge < -0.3 is 15.4 Å². The maximum absolute atomic E-state index is 5.57. The van der Waals surface area contributed by atoms with E-state index >= 15 is 0 Å². The lowest BCUT2D eigenvalue weighted by Gasteiger charge is -2.12. The van der Waals surface area contributed by atoms with E-state index in [1.54, 1.807) is 6.20 Å². The molecule has 110 valence electrons. The zero-order valence-electron chi connectivity index (χ0n) is 12.0. The fourth-order valence-electron chi connectivity index (χ4n) is 2.30. The van der Waals surface area contributed by atoms with Crippen molar-refractivity contribution in [2.45, 2.75) is 25.9 Å². The maximum atomic E-state index is 5.57. The number of anilines is 3. The van der Waals surface area contributed by atoms with Gasteiger partial charge in [-0.25, -0.2) is 0 Å². The minimum Gasteiger partial charge on any atom is -0.376 e. The summed E-state index contributed by atoms with van der Waals surface area (Å²) >= 11 is 0. The second-order valence-corrected chi connectivity index (χ2v) is 5.12. The first-order chi connectivity index (χ1) is 10.3. The summed E-state index contributed by atoms with van der Waals surface area (Å²) in [4.78, 5) is 4.42. The topological polar surface area (TPSA) is 72.0 Å². The van der Waals surface area contributed by atoms with Crippen molar-refractivity contribution in [3.63, 3.8) is 0 Å². The first-order valence-corrected chi connectivity index (χ1v) is 7.19. The van der Waals surface area contributed by atoms with E-state index in [0.717, 1.165) is 37.2 Å². The Kier molecular flexibility index (Phi) is 4.25. The summed E-state index contributed by atoms with van der Waals surface area (Å²) in [5.74, 6) is 1.19. The lowest BCUT2D eigenvalue weighted by Crippen LogP contribution is -2.19. The standard InChI is InChI=1S/C15H19N5O/c1-11-5-2-3-7-13(11)18-15-19-14(10-17-20-15)16-9-12-6-4-8-21-12/h2-3,5,7,10,12H,4,6,8-9H2,1H3,(H2,16,18,19,20). The minimum atomic E-state index is 0.271. The van der Waals surface area contributed by atoms with E-state index in [9.17, 15) is 0 Å². The molecular formula is C15H19N5O. The predicted octanol–water partition coefficient (Wildman–Crippen LogP) is 2.51. The highest BCUT2D eigenvalue weighted by Gasteiger charge is 2.15. The van der Waals surface area contributed by atoms with Crippen LogP contribution >= 0.6 is 0 Å². The number of aryl methyl sites for hydroxylation is 1. The monoisotopic (exact) mass is 285 g/mol. The molecule has 0 saturated carbocycles. The third-order valence-electron chi connectivity index (χ3n) is 3.49. The first-order valence-electron chi connectivity index (χ1n) is 7.19. The average molecular weight is 285 g/mol. The lowest BCUT2D eigenvalue weighted by molar-refractivity contribution is 0.120. The average Bonchev–Trinajstić information content (AvgIpc) is 3.01. The Morgan fingerprint density at radius 3 is 3.05 bits per heavy atom. The molecule has 1 unspecified atom stereocenters. The molecule has 1 fully saturated rings. The molecule has 0 radical (unpaired) electrons. The van der Waals surface area contributed by atoms with E-state index in [0.29, 0.717) is 11.8 Å². The molecule has 2 N–H and O–H groups in total. The van der Waals surface area contributed by atoms with Crippen LogP contribution in [-0.4, -0.2) is 34.4 Å². The van der Waals surface area contributed by atoms with Gasteiger partial charge in [0.15, 0.2) is 5.82 Å². The fraction of sp³-hybridized carbons (Fsp3) is 0.400. The SMILES string of the molecule is Cc1ccccc1Nc1nncc(NCC2CCCO2)n1. The van der Waals surface area contributed by atoms with Crippen LogP contribution in [0, 0.1) is 6.92 Å². The highest BCUT2D eigenvalue weighted by atomic mass is 16.5. The summed E-state index contributed by atoms with van der Waals surface area (Å²) in [6, 6.07) is 8.00. The molecule has 1 saturated heterocycles. The van der Waals surface area contributed by atoms with Crippen LogP contribution < -0.4 is 10.6 Å². The van der Waals surface area contributed by atoms with Crippen LogP contribution in [0.5, 0.6) is 0 Å². The van der Waals surface area contributed by atoms with E-state index in [-0.39, 0.29) is 6.10 Å². The van der Waals surface area contributed by atoms with Crippen molar-refractivity contribution in [1.82, 2.24) is 15.2 Å². The van der Waals surface area contributed by atoms with Crippen molar-refractivity contribution < 1.29 is 4.74 Å². The third kappa shape index (κ3) is 3.66. The predicted molar refractivity (Wildman–Crippen MR) is 81.8 cm³/mol. The van der Waals surface area contributed by atoms with Crippen molar-refractivity contribution in [3.05, 3.63) is 36.0 Å². The number of aromatic nitrogens is 3. The van der Waals surface area contributed by atoms with Gasteiger partial charge in [0, 0.05) is 18.8 Å². The smallest absolute Gasteiger partial charge is 0.249 e. The summed E-state index contributed by atoms with van der Waals surface area (Å²) in [5, 5.41) is 14.4. The van der Waals surface area contributed by atoms with Gasteiger partial charge in [0.25, 0.3) is 0 Å². The van der Waals surface area contributed by atoms with Crippen LogP contribution in [0.15, 0.2) is 30.5 Å². The van der Waals surface area contributed by atoms with Gasteiger partial charge in [0.1, 0.15) is 0 Å². The Balaban J connectivity index is 1.64. The van der Waals surface area contributed by atoms with Crippen LogP contribution in [0.3, 0.4) is 0 Å². The molecule has 1 aromatic heterocycles. The molecule has 1 aromatic carbocycles. The van der Waals surface area contributed by atoms with Gasteiger partial charge in [-0.05, 0) is 31.4 Å². The van der Waals surface area contributed by atoms with Gasteiger partial charge in [-0.15, -0.1) is 5.10 Å². The van der Waals surface area contributed by atoms with Crippen LogP contribution in [0.25, 0.3) is 0 Å². The molecule has 0 bridgehead atoms. The van der Waals surface area contributed by atoms with Crippen molar-refractivity contribution in [1.29, 1.82) is 0 Å². The number of nitrogens with one attached hydrogen (secondary N) is 2. The number of ether oxygens (including phenoxy) is 1. The Labute approximate surface area is 124 Å². The van der Waals surface area contributed by atoms with Crippen molar-refractivity contribution in [3.8, 4) is 0 Å². The number of nitrogens with zero attached hydrogens (tertiary/aromatic N) is 3. The van der Waals surface area contributed by atoms with Crippen molar-refractivity contribution >= 4 is 17.5 Å². The highest BCUT2D eigenvalue weighted by Crippen LogP contribution is 2.18.